The molecule has 2 rings (SSSR count). The number of benzene rings is 2. The fraction of sp³-hybridized carbons (Fsp3) is 0.333. The molecule has 2 aromatic carbocycles. The predicted octanol–water partition coefficient (Wildman–Crippen LogP) is 4.75. The summed E-state index contributed by atoms with van der Waals surface area (Å²) in [7, 11) is 0. The standard InChI is InChI=1S/C21H23ClO5/c1-13(2)11-26-21(24)16-6-5-7-17(10-16)27-19(23)12-25-18-8-14(3)20(22)15(4)9-18/h5-10,13H,11-12H2,1-4H3. The highest BCUT2D eigenvalue weighted by Gasteiger charge is 2.12. The highest BCUT2D eigenvalue weighted by atomic mass is 35.5. The number of carbonyl (C=O) groups is 2. The van der Waals surface area contributed by atoms with Crippen molar-refractivity contribution >= 4 is 23.5 Å². The Kier molecular flexibility index (Phi) is 7.25. The Morgan fingerprint density at radius 3 is 2.33 bits per heavy atom. The van der Waals surface area contributed by atoms with Gasteiger partial charge < -0.3 is 14.2 Å². The zero-order valence-electron chi connectivity index (χ0n) is 15.9. The molecule has 0 fully saturated rings. The van der Waals surface area contributed by atoms with E-state index in [1.807, 2.05) is 27.7 Å². The summed E-state index contributed by atoms with van der Waals surface area (Å²) in [6.07, 6.45) is 0. The number of carbonyl (C=O) groups excluding carboxylic acids is 2. The summed E-state index contributed by atoms with van der Waals surface area (Å²) in [6.45, 7) is 7.71. The van der Waals surface area contributed by atoms with E-state index in [0.29, 0.717) is 22.9 Å². The van der Waals surface area contributed by atoms with Crippen LogP contribution in [0.2, 0.25) is 5.02 Å². The highest BCUT2D eigenvalue weighted by Crippen LogP contribution is 2.26. The summed E-state index contributed by atoms with van der Waals surface area (Å²) in [4.78, 5) is 24.0. The van der Waals surface area contributed by atoms with Crippen molar-refractivity contribution in [1.29, 1.82) is 0 Å². The van der Waals surface area contributed by atoms with Crippen molar-refractivity contribution < 1.29 is 23.8 Å². The van der Waals surface area contributed by atoms with Crippen molar-refractivity contribution in [2.75, 3.05) is 13.2 Å². The molecule has 0 aliphatic rings. The van der Waals surface area contributed by atoms with Crippen LogP contribution in [-0.2, 0) is 9.53 Å². The lowest BCUT2D eigenvalue weighted by molar-refractivity contribution is -0.136. The van der Waals surface area contributed by atoms with Crippen LogP contribution in [0.5, 0.6) is 11.5 Å². The summed E-state index contributed by atoms with van der Waals surface area (Å²) in [5.41, 5.74) is 2.06. The molecule has 0 bridgehead atoms. The number of hydrogen-bond acceptors (Lipinski definition) is 5. The van der Waals surface area contributed by atoms with Crippen molar-refractivity contribution in [1.82, 2.24) is 0 Å². The first-order valence-electron chi connectivity index (χ1n) is 8.63. The number of esters is 2. The van der Waals surface area contributed by atoms with Gasteiger partial charge in [0, 0.05) is 5.02 Å². The van der Waals surface area contributed by atoms with Gasteiger partial charge in [0.05, 0.1) is 12.2 Å². The maximum atomic E-state index is 12.0. The topological polar surface area (TPSA) is 61.8 Å². The molecular weight excluding hydrogens is 368 g/mol. The molecule has 0 heterocycles. The molecule has 27 heavy (non-hydrogen) atoms. The molecule has 6 heteroatoms. The largest absolute Gasteiger partial charge is 0.482 e. The zero-order valence-corrected chi connectivity index (χ0v) is 16.6. The molecule has 0 N–H and O–H groups in total. The van der Waals surface area contributed by atoms with Crippen LogP contribution in [0.3, 0.4) is 0 Å². The van der Waals surface area contributed by atoms with E-state index >= 15 is 0 Å². The SMILES string of the molecule is Cc1cc(OCC(=O)Oc2cccc(C(=O)OCC(C)C)c2)cc(C)c1Cl. The monoisotopic (exact) mass is 390 g/mol. The summed E-state index contributed by atoms with van der Waals surface area (Å²) >= 11 is 6.11. The van der Waals surface area contributed by atoms with Gasteiger partial charge in [0.15, 0.2) is 6.61 Å². The van der Waals surface area contributed by atoms with Crippen LogP contribution in [0.4, 0.5) is 0 Å². The summed E-state index contributed by atoms with van der Waals surface area (Å²) in [5, 5.41) is 0.672. The van der Waals surface area contributed by atoms with E-state index < -0.39 is 11.9 Å². The van der Waals surface area contributed by atoms with E-state index in [0.717, 1.165) is 11.1 Å². The van der Waals surface area contributed by atoms with E-state index in [1.165, 1.54) is 6.07 Å². The average Bonchev–Trinajstić information content (AvgIpc) is 2.62. The van der Waals surface area contributed by atoms with Crippen LogP contribution < -0.4 is 9.47 Å². The Morgan fingerprint density at radius 1 is 1.04 bits per heavy atom. The molecular formula is C21H23ClO5. The van der Waals surface area contributed by atoms with Crippen LogP contribution >= 0.6 is 11.6 Å². The van der Waals surface area contributed by atoms with Crippen molar-refractivity contribution in [3.63, 3.8) is 0 Å². The second-order valence-corrected chi connectivity index (χ2v) is 7.03. The van der Waals surface area contributed by atoms with E-state index in [-0.39, 0.29) is 18.3 Å². The summed E-state index contributed by atoms with van der Waals surface area (Å²) < 4.78 is 15.9. The Morgan fingerprint density at radius 2 is 1.70 bits per heavy atom. The van der Waals surface area contributed by atoms with E-state index in [4.69, 9.17) is 25.8 Å². The molecule has 0 saturated carbocycles. The summed E-state index contributed by atoms with van der Waals surface area (Å²) in [5.74, 6) is 0.00796. The number of halogens is 1. The van der Waals surface area contributed by atoms with Gasteiger partial charge in [-0.2, -0.15) is 0 Å². The molecule has 0 unspecified atom stereocenters. The summed E-state index contributed by atoms with van der Waals surface area (Å²) in [6, 6.07) is 9.81. The first-order valence-corrected chi connectivity index (χ1v) is 9.01. The Hall–Kier alpha value is -2.53. The molecule has 0 aromatic heterocycles. The Balaban J connectivity index is 1.94. The second-order valence-electron chi connectivity index (χ2n) is 6.65. The molecule has 0 radical (unpaired) electrons. The molecule has 0 spiro atoms. The van der Waals surface area contributed by atoms with Gasteiger partial charge in [-0.25, -0.2) is 9.59 Å². The molecule has 0 amide bonds. The van der Waals surface area contributed by atoms with Gasteiger partial charge in [-0.05, 0) is 61.2 Å². The molecule has 0 aliphatic heterocycles. The molecule has 2 aromatic rings. The third-order valence-electron chi connectivity index (χ3n) is 3.62. The van der Waals surface area contributed by atoms with E-state index in [9.17, 15) is 9.59 Å². The molecule has 0 saturated heterocycles. The zero-order chi connectivity index (χ0) is 20.0. The van der Waals surface area contributed by atoms with Crippen LogP contribution in [0, 0.1) is 19.8 Å². The third kappa shape index (κ3) is 6.29. The van der Waals surface area contributed by atoms with Crippen molar-refractivity contribution in [3.05, 3.63) is 58.1 Å². The van der Waals surface area contributed by atoms with Crippen molar-refractivity contribution in [2.45, 2.75) is 27.7 Å². The van der Waals surface area contributed by atoms with Crippen LogP contribution in [-0.4, -0.2) is 25.2 Å². The normalized spacial score (nSPS) is 10.6. The van der Waals surface area contributed by atoms with E-state index in [2.05, 4.69) is 0 Å². The second kappa shape index (κ2) is 9.42. The lowest BCUT2D eigenvalue weighted by Gasteiger charge is -2.11. The predicted molar refractivity (Wildman–Crippen MR) is 104 cm³/mol. The smallest absolute Gasteiger partial charge is 0.349 e. The van der Waals surface area contributed by atoms with Crippen LogP contribution in [0.15, 0.2) is 36.4 Å². The van der Waals surface area contributed by atoms with Gasteiger partial charge in [-0.15, -0.1) is 0 Å². The number of hydrogen-bond donors (Lipinski definition) is 0. The van der Waals surface area contributed by atoms with Gasteiger partial charge >= 0.3 is 11.9 Å². The fourth-order valence-electron chi connectivity index (χ4n) is 2.30. The Bertz CT molecular complexity index is 806. The first kappa shape index (κ1) is 20.8. The van der Waals surface area contributed by atoms with Crippen molar-refractivity contribution in [3.8, 4) is 11.5 Å². The van der Waals surface area contributed by atoms with Gasteiger partial charge in [0.2, 0.25) is 0 Å². The lowest BCUT2D eigenvalue weighted by Crippen LogP contribution is -2.18. The van der Waals surface area contributed by atoms with Gasteiger partial charge in [-0.1, -0.05) is 31.5 Å². The molecule has 5 nitrogen and oxygen atoms in total. The molecule has 0 aliphatic carbocycles. The highest BCUT2D eigenvalue weighted by molar-refractivity contribution is 6.32. The Labute approximate surface area is 164 Å². The minimum atomic E-state index is -0.576. The molecule has 144 valence electrons. The fourth-order valence-corrected chi connectivity index (χ4v) is 2.41. The number of ether oxygens (including phenoxy) is 3. The average molecular weight is 391 g/mol. The lowest BCUT2D eigenvalue weighted by atomic mass is 10.1. The van der Waals surface area contributed by atoms with E-state index in [1.54, 1.807) is 30.3 Å². The maximum Gasteiger partial charge on any atom is 0.349 e. The minimum absolute atomic E-state index is 0.243. The number of rotatable bonds is 7. The maximum absolute atomic E-state index is 12.0. The van der Waals surface area contributed by atoms with Gasteiger partial charge in [0.25, 0.3) is 0 Å². The van der Waals surface area contributed by atoms with Crippen LogP contribution in [0.25, 0.3) is 0 Å². The third-order valence-corrected chi connectivity index (χ3v) is 4.21. The quantitative estimate of drug-likeness (QED) is 0.504. The van der Waals surface area contributed by atoms with Gasteiger partial charge in [-0.3, -0.25) is 0 Å². The van der Waals surface area contributed by atoms with Crippen LogP contribution in [0.1, 0.15) is 35.3 Å². The number of aryl methyl sites for hydroxylation is 2. The minimum Gasteiger partial charge on any atom is -0.482 e. The van der Waals surface area contributed by atoms with Gasteiger partial charge in [0.1, 0.15) is 11.5 Å². The first-order chi connectivity index (χ1) is 12.8. The van der Waals surface area contributed by atoms with Crippen molar-refractivity contribution in [2.24, 2.45) is 5.92 Å². The molecule has 0 atom stereocenters.